The molecule has 9 heteroatoms. The molecule has 1 aliphatic rings. The first kappa shape index (κ1) is 24.7. The van der Waals surface area contributed by atoms with Crippen LogP contribution in [-0.2, 0) is 28.5 Å². The van der Waals surface area contributed by atoms with Crippen LogP contribution in [0.15, 0.2) is 72.9 Å². The van der Waals surface area contributed by atoms with Crippen LogP contribution in [0.4, 0.5) is 19.0 Å². The molecule has 190 valence electrons. The number of alkyl halides is 3. The molecule has 6 nitrogen and oxygen atoms in total. The van der Waals surface area contributed by atoms with Gasteiger partial charge in [0.2, 0.25) is 0 Å². The zero-order valence-electron chi connectivity index (χ0n) is 19.9. The van der Waals surface area contributed by atoms with Gasteiger partial charge in [-0.3, -0.25) is 9.78 Å². The normalized spacial score (nSPS) is 14.1. The second-order valence-electron chi connectivity index (χ2n) is 8.81. The Morgan fingerprint density at radius 3 is 2.14 bits per heavy atom. The highest BCUT2D eigenvalue weighted by atomic mass is 19.4. The molecule has 1 saturated heterocycles. The summed E-state index contributed by atoms with van der Waals surface area (Å²) in [6.07, 6.45) is -2.37. The topological polar surface area (TPSA) is 64.5 Å². The molecule has 4 aromatic rings. The number of benzene rings is 3. The second-order valence-corrected chi connectivity index (χ2v) is 8.81. The van der Waals surface area contributed by atoms with Gasteiger partial charge in [0.25, 0.3) is 0 Å². The number of hydrogen-bond donors (Lipinski definition) is 0. The lowest BCUT2D eigenvalue weighted by Crippen LogP contribution is -2.36. The Morgan fingerprint density at radius 1 is 0.865 bits per heavy atom. The third-order valence-electron chi connectivity index (χ3n) is 6.08. The fourth-order valence-electron chi connectivity index (χ4n) is 4.13. The summed E-state index contributed by atoms with van der Waals surface area (Å²) in [5.74, 6) is 1.94. The number of aromatic nitrogens is 2. The van der Waals surface area contributed by atoms with Crippen molar-refractivity contribution in [3.8, 4) is 11.5 Å². The first-order chi connectivity index (χ1) is 17.8. The average molecular weight is 508 g/mol. The number of carbonyl (C=O) groups is 1. The van der Waals surface area contributed by atoms with Gasteiger partial charge in [0.05, 0.1) is 36.0 Å². The molecule has 0 spiro atoms. The van der Waals surface area contributed by atoms with Crippen LogP contribution in [0.3, 0.4) is 0 Å². The lowest BCUT2D eigenvalue weighted by molar-refractivity contribution is -0.137. The van der Waals surface area contributed by atoms with E-state index in [0.717, 1.165) is 47.6 Å². The van der Waals surface area contributed by atoms with Gasteiger partial charge in [-0.25, -0.2) is 4.98 Å². The van der Waals surface area contributed by atoms with Crippen molar-refractivity contribution in [3.05, 3.63) is 89.6 Å². The zero-order chi connectivity index (χ0) is 25.8. The third kappa shape index (κ3) is 6.24. The van der Waals surface area contributed by atoms with Gasteiger partial charge < -0.3 is 14.4 Å². The molecule has 1 aromatic heterocycles. The van der Waals surface area contributed by atoms with Crippen molar-refractivity contribution in [2.75, 3.05) is 31.2 Å². The minimum Gasteiger partial charge on any atom is -0.457 e. The Balaban J connectivity index is 1.20. The number of morpholine rings is 1. The Morgan fingerprint density at radius 2 is 1.49 bits per heavy atom. The molecule has 3 aromatic carbocycles. The summed E-state index contributed by atoms with van der Waals surface area (Å²) in [5, 5.41) is 0. The van der Waals surface area contributed by atoms with E-state index >= 15 is 0 Å². The van der Waals surface area contributed by atoms with Gasteiger partial charge in [-0.1, -0.05) is 24.3 Å². The monoisotopic (exact) mass is 507 g/mol. The number of ether oxygens (including phenoxy) is 2. The van der Waals surface area contributed by atoms with Crippen molar-refractivity contribution in [3.63, 3.8) is 0 Å². The van der Waals surface area contributed by atoms with E-state index in [1.165, 1.54) is 12.1 Å². The first-order valence-corrected chi connectivity index (χ1v) is 11.9. The summed E-state index contributed by atoms with van der Waals surface area (Å²) in [4.78, 5) is 23.8. The van der Waals surface area contributed by atoms with Crippen LogP contribution in [0.2, 0.25) is 0 Å². The van der Waals surface area contributed by atoms with Crippen molar-refractivity contribution in [1.29, 1.82) is 0 Å². The van der Waals surface area contributed by atoms with Crippen LogP contribution in [-0.4, -0.2) is 42.1 Å². The maximum atomic E-state index is 12.7. The number of ketones is 1. The van der Waals surface area contributed by atoms with Gasteiger partial charge in [-0.05, 0) is 47.5 Å². The summed E-state index contributed by atoms with van der Waals surface area (Å²) in [5.41, 5.74) is 2.12. The standard InChI is InChI=1S/C28H24F3N3O3/c29-28(30,31)21-5-1-19(2-6-21)15-22(35)16-20-3-7-23(8-4-20)37-24-9-10-25-26(17-24)33-27(18-32-25)34-11-13-36-14-12-34/h1-10,17-18H,11-16H2. The Bertz CT molecular complexity index is 1380. The smallest absolute Gasteiger partial charge is 0.416 e. The molecule has 0 aliphatic carbocycles. The second kappa shape index (κ2) is 10.6. The minimum atomic E-state index is -4.39. The largest absolute Gasteiger partial charge is 0.457 e. The van der Waals surface area contributed by atoms with Gasteiger partial charge in [-0.2, -0.15) is 13.2 Å². The predicted molar refractivity (Wildman–Crippen MR) is 133 cm³/mol. The van der Waals surface area contributed by atoms with Gasteiger partial charge in [0.1, 0.15) is 23.1 Å². The average Bonchev–Trinajstić information content (AvgIpc) is 2.90. The molecule has 0 radical (unpaired) electrons. The number of nitrogens with zero attached hydrogens (tertiary/aromatic N) is 3. The van der Waals surface area contributed by atoms with Crippen LogP contribution >= 0.6 is 0 Å². The van der Waals surface area contributed by atoms with Gasteiger partial charge >= 0.3 is 6.18 Å². The molecule has 0 N–H and O–H groups in total. The molecule has 0 unspecified atom stereocenters. The number of hydrogen-bond acceptors (Lipinski definition) is 6. The maximum absolute atomic E-state index is 12.7. The predicted octanol–water partition coefficient (Wildman–Crippen LogP) is 5.63. The molecular weight excluding hydrogens is 483 g/mol. The van der Waals surface area contributed by atoms with E-state index in [-0.39, 0.29) is 18.6 Å². The minimum absolute atomic E-state index is 0.0704. The molecule has 0 bridgehead atoms. The van der Waals surface area contributed by atoms with Crippen LogP contribution < -0.4 is 9.64 Å². The van der Waals surface area contributed by atoms with Gasteiger partial charge in [0, 0.05) is 32.0 Å². The number of fused-ring (bicyclic) bond motifs is 1. The molecular formula is C28H24F3N3O3. The van der Waals surface area contributed by atoms with Crippen molar-refractivity contribution in [2.24, 2.45) is 0 Å². The van der Waals surface area contributed by atoms with Crippen LogP contribution in [0.1, 0.15) is 16.7 Å². The number of anilines is 1. The molecule has 0 amide bonds. The lowest BCUT2D eigenvalue weighted by atomic mass is 10.0. The number of halogens is 3. The van der Waals surface area contributed by atoms with Crippen molar-refractivity contribution >= 4 is 22.6 Å². The molecule has 0 atom stereocenters. The molecule has 0 saturated carbocycles. The quantitative estimate of drug-likeness (QED) is 0.323. The van der Waals surface area contributed by atoms with Gasteiger partial charge in [0.15, 0.2) is 0 Å². The van der Waals surface area contributed by atoms with Crippen LogP contribution in [0, 0.1) is 0 Å². The van der Waals surface area contributed by atoms with Crippen LogP contribution in [0.25, 0.3) is 11.0 Å². The number of Topliss-reactive ketones (excluding diaryl/α,β-unsaturated/α-hetero) is 1. The molecule has 1 fully saturated rings. The summed E-state index contributed by atoms with van der Waals surface area (Å²) in [6, 6.07) is 17.4. The zero-order valence-corrected chi connectivity index (χ0v) is 19.9. The summed E-state index contributed by atoms with van der Waals surface area (Å²) in [7, 11) is 0. The highest BCUT2D eigenvalue weighted by Gasteiger charge is 2.30. The fourth-order valence-corrected chi connectivity index (χ4v) is 4.13. The van der Waals surface area contributed by atoms with E-state index < -0.39 is 11.7 Å². The lowest BCUT2D eigenvalue weighted by Gasteiger charge is -2.27. The summed E-state index contributed by atoms with van der Waals surface area (Å²) in [6.45, 7) is 2.88. The first-order valence-electron chi connectivity index (χ1n) is 11.9. The van der Waals surface area contributed by atoms with Crippen molar-refractivity contribution < 1.29 is 27.4 Å². The fraction of sp³-hybridized carbons (Fsp3) is 0.250. The van der Waals surface area contributed by atoms with E-state index in [1.54, 1.807) is 30.5 Å². The Kier molecular flexibility index (Phi) is 7.05. The molecule has 37 heavy (non-hydrogen) atoms. The SMILES string of the molecule is O=C(Cc1ccc(Oc2ccc3ncc(N4CCOCC4)nc3c2)cc1)Cc1ccc(C(F)(F)F)cc1. The molecule has 2 heterocycles. The highest BCUT2D eigenvalue weighted by molar-refractivity contribution is 5.83. The van der Waals surface area contributed by atoms with E-state index in [0.29, 0.717) is 30.3 Å². The van der Waals surface area contributed by atoms with E-state index in [1.807, 2.05) is 18.2 Å². The molecule has 1 aliphatic heterocycles. The van der Waals surface area contributed by atoms with Crippen LogP contribution in [0.5, 0.6) is 11.5 Å². The van der Waals surface area contributed by atoms with Crippen molar-refractivity contribution in [1.82, 2.24) is 9.97 Å². The van der Waals surface area contributed by atoms with Gasteiger partial charge in [-0.15, -0.1) is 0 Å². The van der Waals surface area contributed by atoms with E-state index in [2.05, 4.69) is 9.88 Å². The highest BCUT2D eigenvalue weighted by Crippen LogP contribution is 2.29. The Labute approximate surface area is 211 Å². The Hall–Kier alpha value is -3.98. The summed E-state index contributed by atoms with van der Waals surface area (Å²) >= 11 is 0. The number of carbonyl (C=O) groups excluding carboxylic acids is 1. The number of rotatable bonds is 7. The maximum Gasteiger partial charge on any atom is 0.416 e. The summed E-state index contributed by atoms with van der Waals surface area (Å²) < 4.78 is 49.5. The van der Waals surface area contributed by atoms with E-state index in [4.69, 9.17) is 14.5 Å². The van der Waals surface area contributed by atoms with E-state index in [9.17, 15) is 18.0 Å². The third-order valence-corrected chi connectivity index (χ3v) is 6.08. The van der Waals surface area contributed by atoms with Crippen molar-refractivity contribution in [2.45, 2.75) is 19.0 Å². The molecule has 5 rings (SSSR count).